The van der Waals surface area contributed by atoms with E-state index in [4.69, 9.17) is 32.8 Å². The van der Waals surface area contributed by atoms with Crippen molar-refractivity contribution in [1.82, 2.24) is 14.3 Å². The Morgan fingerprint density at radius 3 is 2.39 bits per heavy atom. The van der Waals surface area contributed by atoms with Crippen molar-refractivity contribution in [3.05, 3.63) is 63.6 Å². The molecule has 10 nitrogen and oxygen atoms in total. The van der Waals surface area contributed by atoms with Crippen LogP contribution in [0.4, 0.5) is 4.79 Å². The van der Waals surface area contributed by atoms with Crippen molar-refractivity contribution < 1.29 is 27.6 Å². The molecule has 0 unspecified atom stereocenters. The highest BCUT2D eigenvalue weighted by Crippen LogP contribution is 2.30. The molecule has 0 aliphatic carbocycles. The van der Waals surface area contributed by atoms with Crippen molar-refractivity contribution >= 4 is 51.1 Å². The molecule has 2 aromatic rings. The molecule has 3 rings (SSSR count). The highest BCUT2D eigenvalue weighted by molar-refractivity contribution is 7.89. The van der Waals surface area contributed by atoms with Gasteiger partial charge >= 0.3 is 6.16 Å². The second-order valence-corrected chi connectivity index (χ2v) is 13.4. The number of carbonyl (C=O) groups excluding carboxylic acids is 2. The fourth-order valence-corrected chi connectivity index (χ4v) is 5.91. The van der Waals surface area contributed by atoms with Gasteiger partial charge in [0.25, 0.3) is 0 Å². The molecule has 0 spiro atoms. The Morgan fingerprint density at radius 1 is 1.05 bits per heavy atom. The molecule has 0 bridgehead atoms. The van der Waals surface area contributed by atoms with Gasteiger partial charge < -0.3 is 14.5 Å². The van der Waals surface area contributed by atoms with Gasteiger partial charge in [-0.3, -0.25) is 9.79 Å². The maximum Gasteiger partial charge on any atom is 0.534 e. The molecule has 13 heteroatoms. The van der Waals surface area contributed by atoms with E-state index in [9.17, 15) is 18.0 Å². The number of ether oxygens (including phenoxy) is 1. The molecule has 0 saturated carbocycles. The molecule has 1 heterocycles. The molecule has 0 radical (unpaired) electrons. The third kappa shape index (κ3) is 9.06. The van der Waals surface area contributed by atoms with Gasteiger partial charge in [0, 0.05) is 39.2 Å². The molecule has 0 saturated heterocycles. The second-order valence-electron chi connectivity index (χ2n) is 10.6. The molecule has 0 fully saturated rings. The van der Waals surface area contributed by atoms with Crippen molar-refractivity contribution in [1.29, 1.82) is 0 Å². The van der Waals surface area contributed by atoms with E-state index in [0.29, 0.717) is 38.3 Å². The lowest BCUT2D eigenvalue weighted by atomic mass is 10.1. The van der Waals surface area contributed by atoms with Gasteiger partial charge in [0.2, 0.25) is 15.9 Å². The minimum atomic E-state index is -3.83. The van der Waals surface area contributed by atoms with Crippen LogP contribution in [-0.4, -0.2) is 86.5 Å². The summed E-state index contributed by atoms with van der Waals surface area (Å²) in [4.78, 5) is 36.1. The molecule has 1 aliphatic rings. The van der Waals surface area contributed by atoms with E-state index in [1.807, 2.05) is 24.3 Å². The van der Waals surface area contributed by atoms with Crippen LogP contribution in [0.5, 0.6) is 0 Å². The lowest BCUT2D eigenvalue weighted by Gasteiger charge is -2.23. The van der Waals surface area contributed by atoms with Gasteiger partial charge in [-0.15, -0.1) is 0 Å². The zero-order chi connectivity index (χ0) is 30.4. The fraction of sp³-hybridized carbons (Fsp3) is 0.464. The standard InChI is InChI=1S/C28H36Cl2N4O6S/c1-28(2,3)39-27(36)40-34-19-16-31-26(34)21-13-11-20(12-14-21)15-18-32(4)24(35)10-7-17-33(5)41(37,38)23-9-6-8-22(29)25(23)30/h6,8-9,11-14H,7,10,15-19H2,1-5H3. The van der Waals surface area contributed by atoms with Gasteiger partial charge in [0.05, 0.1) is 23.1 Å². The maximum atomic E-state index is 12.8. The molecule has 1 amide bonds. The Morgan fingerprint density at radius 2 is 1.73 bits per heavy atom. The first-order valence-electron chi connectivity index (χ1n) is 13.2. The SMILES string of the molecule is CN(CCc1ccc(C2=NCCN2OC(=O)OC(C)(C)C)cc1)C(=O)CCCN(C)S(=O)(=O)c1cccc(Cl)c1Cl. The number of aliphatic imine (C=N–C) groups is 1. The highest BCUT2D eigenvalue weighted by atomic mass is 35.5. The first-order chi connectivity index (χ1) is 19.2. The number of likely N-dealkylation sites (N-methyl/N-ethyl adjacent to an activating group) is 1. The van der Waals surface area contributed by atoms with E-state index < -0.39 is 21.8 Å². The van der Waals surface area contributed by atoms with Crippen LogP contribution in [-0.2, 0) is 30.8 Å². The number of carbonyl (C=O) groups is 2. The molecular weight excluding hydrogens is 591 g/mol. The van der Waals surface area contributed by atoms with E-state index >= 15 is 0 Å². The van der Waals surface area contributed by atoms with Crippen LogP contribution in [0, 0.1) is 0 Å². The normalized spacial score (nSPS) is 13.8. The molecule has 2 aromatic carbocycles. The lowest BCUT2D eigenvalue weighted by Crippen LogP contribution is -2.34. The van der Waals surface area contributed by atoms with Gasteiger partial charge in [-0.05, 0) is 51.3 Å². The van der Waals surface area contributed by atoms with Gasteiger partial charge in [-0.1, -0.05) is 53.5 Å². The number of amides is 1. The Bertz CT molecular complexity index is 1380. The minimum Gasteiger partial charge on any atom is -0.427 e. The Kier molecular flexibility index (Phi) is 11.0. The molecule has 0 N–H and O–H groups in total. The van der Waals surface area contributed by atoms with Gasteiger partial charge in [-0.25, -0.2) is 17.5 Å². The maximum absolute atomic E-state index is 12.8. The fourth-order valence-electron chi connectivity index (χ4n) is 3.97. The van der Waals surface area contributed by atoms with Crippen LogP contribution in [0.1, 0.15) is 44.7 Å². The summed E-state index contributed by atoms with van der Waals surface area (Å²) >= 11 is 12.1. The molecule has 41 heavy (non-hydrogen) atoms. The Balaban J connectivity index is 1.46. The van der Waals surface area contributed by atoms with Crippen LogP contribution >= 0.6 is 23.2 Å². The Labute approximate surface area is 251 Å². The largest absolute Gasteiger partial charge is 0.534 e. The molecule has 0 atom stereocenters. The Hall–Kier alpha value is -2.86. The summed E-state index contributed by atoms with van der Waals surface area (Å²) in [6.45, 7) is 6.90. The lowest BCUT2D eigenvalue weighted by molar-refractivity contribution is -0.130. The number of rotatable bonds is 11. The first-order valence-corrected chi connectivity index (χ1v) is 15.3. The molecule has 224 valence electrons. The summed E-state index contributed by atoms with van der Waals surface area (Å²) < 4.78 is 32.1. The van der Waals surface area contributed by atoms with Crippen LogP contribution in [0.25, 0.3) is 0 Å². The first kappa shape index (κ1) is 32.7. The van der Waals surface area contributed by atoms with E-state index in [-0.39, 0.29) is 33.8 Å². The van der Waals surface area contributed by atoms with Crippen molar-refractivity contribution in [2.24, 2.45) is 4.99 Å². The zero-order valence-corrected chi connectivity index (χ0v) is 26.2. The topological polar surface area (TPSA) is 109 Å². The monoisotopic (exact) mass is 626 g/mol. The average Bonchev–Trinajstić information content (AvgIpc) is 3.35. The number of hydrogen-bond acceptors (Lipinski definition) is 8. The predicted octanol–water partition coefficient (Wildman–Crippen LogP) is 5.02. The number of sulfonamides is 1. The van der Waals surface area contributed by atoms with Gasteiger partial charge in [-0.2, -0.15) is 5.06 Å². The predicted molar refractivity (Wildman–Crippen MR) is 159 cm³/mol. The van der Waals surface area contributed by atoms with Crippen molar-refractivity contribution in [2.75, 3.05) is 40.3 Å². The van der Waals surface area contributed by atoms with E-state index in [1.54, 1.807) is 32.7 Å². The number of hydrogen-bond donors (Lipinski definition) is 0. The number of amidine groups is 1. The van der Waals surface area contributed by atoms with E-state index in [0.717, 1.165) is 11.1 Å². The number of halogens is 2. The van der Waals surface area contributed by atoms with Crippen LogP contribution in [0.15, 0.2) is 52.4 Å². The summed E-state index contributed by atoms with van der Waals surface area (Å²) in [6.07, 6.45) is 0.409. The molecule has 1 aliphatic heterocycles. The third-order valence-electron chi connectivity index (χ3n) is 6.22. The van der Waals surface area contributed by atoms with Crippen molar-refractivity contribution in [3.8, 4) is 0 Å². The van der Waals surface area contributed by atoms with Gasteiger partial charge in [0.15, 0.2) is 5.84 Å². The zero-order valence-electron chi connectivity index (χ0n) is 23.9. The minimum absolute atomic E-state index is 0.0208. The quantitative estimate of drug-likeness (QED) is 0.322. The second kappa shape index (κ2) is 13.9. The number of nitrogens with zero attached hydrogens (tertiary/aromatic N) is 4. The summed E-state index contributed by atoms with van der Waals surface area (Å²) in [7, 11) is -0.660. The summed E-state index contributed by atoms with van der Waals surface area (Å²) in [6, 6.07) is 12.1. The van der Waals surface area contributed by atoms with Crippen molar-refractivity contribution in [2.45, 2.75) is 50.5 Å². The number of benzene rings is 2. The highest BCUT2D eigenvalue weighted by Gasteiger charge is 2.27. The van der Waals surface area contributed by atoms with Crippen LogP contribution in [0.2, 0.25) is 10.0 Å². The van der Waals surface area contributed by atoms with Gasteiger partial charge in [0.1, 0.15) is 10.5 Å². The molecule has 0 aromatic heterocycles. The summed E-state index contributed by atoms with van der Waals surface area (Å²) in [5, 5.41) is 1.57. The van der Waals surface area contributed by atoms with E-state index in [1.165, 1.54) is 34.6 Å². The number of hydroxylamine groups is 2. The smallest absolute Gasteiger partial charge is 0.427 e. The van der Waals surface area contributed by atoms with Crippen LogP contribution in [0.3, 0.4) is 0 Å². The van der Waals surface area contributed by atoms with E-state index in [2.05, 4.69) is 4.99 Å². The average molecular weight is 628 g/mol. The third-order valence-corrected chi connectivity index (χ3v) is 9.05. The van der Waals surface area contributed by atoms with Crippen LogP contribution < -0.4 is 0 Å². The van der Waals surface area contributed by atoms with Crippen molar-refractivity contribution in [3.63, 3.8) is 0 Å². The summed E-state index contributed by atoms with van der Waals surface area (Å²) in [5.41, 5.74) is 1.17. The summed E-state index contributed by atoms with van der Waals surface area (Å²) in [5.74, 6) is 0.475. The molecular formula is C28H36Cl2N4O6S.